The molecule has 0 saturated carbocycles. The summed E-state index contributed by atoms with van der Waals surface area (Å²) in [6.45, 7) is 5.75. The molecule has 0 spiro atoms. The van der Waals surface area contributed by atoms with E-state index in [1.165, 1.54) is 11.9 Å². The van der Waals surface area contributed by atoms with E-state index in [9.17, 15) is 13.2 Å². The highest BCUT2D eigenvalue weighted by Crippen LogP contribution is 2.39. The molecule has 1 amide bonds. The first-order valence-electron chi connectivity index (χ1n) is 10.9. The van der Waals surface area contributed by atoms with E-state index in [0.717, 1.165) is 28.8 Å². The number of benzene rings is 1. The van der Waals surface area contributed by atoms with Crippen molar-refractivity contribution >= 4 is 34.2 Å². The molecule has 1 aliphatic carbocycles. The van der Waals surface area contributed by atoms with Gasteiger partial charge in [0.05, 0.1) is 18.0 Å². The fourth-order valence-electron chi connectivity index (χ4n) is 3.74. The smallest absolute Gasteiger partial charge is 0.284 e. The molecule has 0 saturated heterocycles. The predicted octanol–water partition coefficient (Wildman–Crippen LogP) is 2.76. The zero-order valence-corrected chi connectivity index (χ0v) is 21.4. The van der Waals surface area contributed by atoms with Crippen LogP contribution >= 0.6 is 11.9 Å². The highest BCUT2D eigenvalue weighted by atomic mass is 32.2. The van der Waals surface area contributed by atoms with Crippen LogP contribution < -0.4 is 21.3 Å². The highest BCUT2D eigenvalue weighted by Gasteiger charge is 2.28. The number of methoxy groups -OCH3 is 1. The summed E-state index contributed by atoms with van der Waals surface area (Å²) in [5.74, 6) is 0.510. The summed E-state index contributed by atoms with van der Waals surface area (Å²) in [5, 5.41) is 0. The van der Waals surface area contributed by atoms with Crippen molar-refractivity contribution in [2.45, 2.75) is 51.0 Å². The zero-order chi connectivity index (χ0) is 24.9. The standard InChI is InChI=1S/C23H31N5O4S2/c1-15-12-20(32-4)16(2)17(3)22(15)34(30,31)27-14-26-25-11-7-9-19(24)23(29)28-13-18-8-5-6-10-21(18)33-28/h5-6,10,12-14,19,25H,7-9,11,24H2,1-4H3,(H,26,27)/t19-/m0/s1. The molecule has 1 aliphatic heterocycles. The maximum atomic E-state index is 12.7. The summed E-state index contributed by atoms with van der Waals surface area (Å²) in [6, 6.07) is 1.08. The maximum Gasteiger partial charge on any atom is 0.284 e. The molecule has 0 bridgehead atoms. The van der Waals surface area contributed by atoms with Gasteiger partial charge in [-0.3, -0.25) is 9.10 Å². The summed E-state index contributed by atoms with van der Waals surface area (Å²) in [4.78, 5) is 13.8. The Morgan fingerprint density at radius 1 is 1.35 bits per heavy atom. The number of ether oxygens (including phenoxy) is 1. The van der Waals surface area contributed by atoms with Crippen molar-refractivity contribution in [1.82, 2.24) is 15.2 Å². The lowest BCUT2D eigenvalue weighted by Gasteiger charge is -2.17. The van der Waals surface area contributed by atoms with Crippen molar-refractivity contribution < 1.29 is 17.9 Å². The third-order valence-electron chi connectivity index (χ3n) is 5.67. The maximum absolute atomic E-state index is 12.7. The van der Waals surface area contributed by atoms with E-state index >= 15 is 0 Å². The normalized spacial score (nSPS) is 16.3. The number of nitrogens with zero attached hydrogens (tertiary/aromatic N) is 2. The van der Waals surface area contributed by atoms with E-state index in [4.69, 9.17) is 10.5 Å². The Bertz CT molecular complexity index is 1170. The summed E-state index contributed by atoms with van der Waals surface area (Å²) in [7, 11) is -2.33. The number of fused-ring (bicyclic) bond motifs is 1. The van der Waals surface area contributed by atoms with Crippen LogP contribution in [-0.4, -0.2) is 44.7 Å². The van der Waals surface area contributed by atoms with Gasteiger partial charge in [-0.2, -0.15) is 8.42 Å². The van der Waals surface area contributed by atoms with Crippen LogP contribution in [0.2, 0.25) is 0 Å². The van der Waals surface area contributed by atoms with Crippen molar-refractivity contribution in [2.24, 2.45) is 10.1 Å². The molecule has 2 aliphatic rings. The predicted molar refractivity (Wildman–Crippen MR) is 136 cm³/mol. The number of carbonyl (C=O) groups excluding carboxylic acids is 1. The second-order valence-electron chi connectivity index (χ2n) is 8.08. The molecular formula is C23H31N5O4S2. The van der Waals surface area contributed by atoms with Gasteiger partial charge in [-0.1, -0.05) is 12.2 Å². The molecule has 9 nitrogen and oxygen atoms in total. The summed E-state index contributed by atoms with van der Waals surface area (Å²) in [5.41, 5.74) is 14.7. The average molecular weight is 506 g/mol. The first kappa shape index (κ1) is 26.0. The van der Waals surface area contributed by atoms with Crippen LogP contribution in [0, 0.1) is 20.8 Å². The average Bonchev–Trinajstić information content (AvgIpc) is 3.24. The second-order valence-corrected chi connectivity index (χ2v) is 10.7. The molecule has 184 valence electrons. The number of aryl methyl sites for hydroxylation is 1. The molecule has 34 heavy (non-hydrogen) atoms. The monoisotopic (exact) mass is 505 g/mol. The van der Waals surface area contributed by atoms with Crippen LogP contribution in [0.1, 0.15) is 36.0 Å². The first-order valence-corrected chi connectivity index (χ1v) is 13.1. The van der Waals surface area contributed by atoms with Gasteiger partial charge in [-0.05, 0) is 86.4 Å². The number of amides is 1. The summed E-state index contributed by atoms with van der Waals surface area (Å²) >= 11 is 1.40. The lowest BCUT2D eigenvalue weighted by molar-refractivity contribution is -0.125. The van der Waals surface area contributed by atoms with Gasteiger partial charge in [0.25, 0.3) is 15.9 Å². The van der Waals surface area contributed by atoms with Gasteiger partial charge in [0.2, 0.25) is 0 Å². The molecule has 1 aromatic carbocycles. The van der Waals surface area contributed by atoms with Gasteiger partial charge in [-0.15, -0.1) is 4.40 Å². The molecule has 1 atom stereocenters. The fourth-order valence-corrected chi connectivity index (χ4v) is 6.05. The minimum absolute atomic E-state index is 0.131. The molecule has 4 N–H and O–H groups in total. The van der Waals surface area contributed by atoms with Crippen LogP contribution in [0.5, 0.6) is 5.75 Å². The van der Waals surface area contributed by atoms with Crippen LogP contribution in [0.25, 0.3) is 0 Å². The SMILES string of the molecule is COc1cc(C)c(S(=O)(=O)N=CNNCCC[C@H](N)C(=O)N2C=C3CC=CC=C3S2)c(C)c1C. The first-order chi connectivity index (χ1) is 16.2. The lowest BCUT2D eigenvalue weighted by Crippen LogP contribution is -2.39. The Morgan fingerprint density at radius 3 is 2.82 bits per heavy atom. The Morgan fingerprint density at radius 2 is 2.12 bits per heavy atom. The van der Waals surface area contributed by atoms with E-state index in [-0.39, 0.29) is 10.8 Å². The topological polar surface area (TPSA) is 126 Å². The number of allylic oxidation sites excluding steroid dienone is 4. The molecule has 11 heteroatoms. The molecule has 0 fully saturated rings. The van der Waals surface area contributed by atoms with Crippen molar-refractivity contribution in [1.29, 1.82) is 0 Å². The van der Waals surface area contributed by atoms with E-state index < -0.39 is 16.1 Å². The molecular weight excluding hydrogens is 474 g/mol. The fraction of sp³-hybridized carbons (Fsp3) is 0.391. The molecule has 0 radical (unpaired) electrons. The van der Waals surface area contributed by atoms with Crippen LogP contribution in [0.4, 0.5) is 0 Å². The Kier molecular flexibility index (Phi) is 8.58. The third-order valence-corrected chi connectivity index (χ3v) is 8.28. The molecule has 1 heterocycles. The van der Waals surface area contributed by atoms with Gasteiger partial charge < -0.3 is 15.9 Å². The number of nitrogens with two attached hydrogens (primary N) is 1. The van der Waals surface area contributed by atoms with Crippen LogP contribution in [0.15, 0.2) is 50.3 Å². The van der Waals surface area contributed by atoms with Gasteiger partial charge in [0, 0.05) is 17.6 Å². The van der Waals surface area contributed by atoms with Crippen molar-refractivity contribution in [3.05, 3.63) is 57.7 Å². The van der Waals surface area contributed by atoms with Crippen LogP contribution in [-0.2, 0) is 14.8 Å². The van der Waals surface area contributed by atoms with Gasteiger partial charge in [0.15, 0.2) is 0 Å². The summed E-state index contributed by atoms with van der Waals surface area (Å²) < 4.78 is 36.1. The minimum Gasteiger partial charge on any atom is -0.496 e. The number of hydrogen-bond donors (Lipinski definition) is 3. The Hall–Kier alpha value is -2.60. The second kappa shape index (κ2) is 11.2. The number of carbonyl (C=O) groups is 1. The minimum atomic E-state index is -3.88. The zero-order valence-electron chi connectivity index (χ0n) is 19.8. The van der Waals surface area contributed by atoms with Crippen molar-refractivity contribution in [3.63, 3.8) is 0 Å². The highest BCUT2D eigenvalue weighted by molar-refractivity contribution is 8.02. The van der Waals surface area contributed by atoms with Gasteiger partial charge in [0.1, 0.15) is 12.1 Å². The van der Waals surface area contributed by atoms with E-state index in [1.54, 1.807) is 31.3 Å². The molecule has 0 aromatic heterocycles. The molecule has 0 unspecified atom stereocenters. The Labute approximate surface area is 205 Å². The van der Waals surface area contributed by atoms with Gasteiger partial charge >= 0.3 is 0 Å². The number of sulfonamides is 1. The number of rotatable bonds is 10. The Balaban J connectivity index is 1.43. The quantitative estimate of drug-likeness (QED) is 0.146. The van der Waals surface area contributed by atoms with E-state index in [0.29, 0.717) is 36.3 Å². The number of hydrazine groups is 1. The lowest BCUT2D eigenvalue weighted by atomic mass is 10.1. The van der Waals surface area contributed by atoms with Crippen molar-refractivity contribution in [2.75, 3.05) is 13.7 Å². The molecule has 1 aromatic rings. The number of hydrogen-bond acceptors (Lipinski definition) is 7. The molecule has 3 rings (SSSR count). The largest absolute Gasteiger partial charge is 0.496 e. The van der Waals surface area contributed by atoms with E-state index in [2.05, 4.69) is 21.3 Å². The number of nitrogens with one attached hydrogen (secondary N) is 2. The van der Waals surface area contributed by atoms with Gasteiger partial charge in [-0.25, -0.2) is 5.43 Å². The van der Waals surface area contributed by atoms with Crippen LogP contribution in [0.3, 0.4) is 0 Å². The van der Waals surface area contributed by atoms with Crippen molar-refractivity contribution in [3.8, 4) is 5.75 Å². The third kappa shape index (κ3) is 5.90. The summed E-state index contributed by atoms with van der Waals surface area (Å²) in [6.07, 6.45) is 10.9. The van der Waals surface area contributed by atoms with E-state index in [1.807, 2.05) is 25.3 Å².